The summed E-state index contributed by atoms with van der Waals surface area (Å²) in [6.07, 6.45) is 0.250. The predicted molar refractivity (Wildman–Crippen MR) is 65.3 cm³/mol. The Morgan fingerprint density at radius 3 is 2.65 bits per heavy atom. The molecular weight excluding hydrogens is 220 g/mol. The van der Waals surface area contributed by atoms with Crippen molar-refractivity contribution in [2.24, 2.45) is 5.84 Å². The van der Waals surface area contributed by atoms with E-state index in [2.05, 4.69) is 16.1 Å². The third kappa shape index (κ3) is 3.76. The molecule has 0 aromatic heterocycles. The molecule has 0 fully saturated rings. The monoisotopic (exact) mass is 236 g/mol. The van der Waals surface area contributed by atoms with Crippen LogP contribution < -0.4 is 21.9 Å². The highest BCUT2D eigenvalue weighted by Crippen LogP contribution is 2.12. The van der Waals surface area contributed by atoms with Crippen molar-refractivity contribution in [3.63, 3.8) is 0 Å². The number of nitrogen functional groups attached to an aromatic ring is 1. The van der Waals surface area contributed by atoms with Gasteiger partial charge >= 0.3 is 0 Å². The van der Waals surface area contributed by atoms with Crippen LogP contribution in [0.25, 0.3) is 0 Å². The molecule has 0 unspecified atom stereocenters. The van der Waals surface area contributed by atoms with E-state index in [0.717, 1.165) is 0 Å². The molecule has 6 heteroatoms. The van der Waals surface area contributed by atoms with Gasteiger partial charge in [-0.2, -0.15) is 0 Å². The first kappa shape index (κ1) is 13.0. The molecule has 0 aliphatic rings. The molecule has 0 aliphatic heterocycles. The third-order valence-corrected chi connectivity index (χ3v) is 2.24. The second-order valence-electron chi connectivity index (χ2n) is 3.37. The number of nitrogens with two attached hydrogens (primary N) is 1. The molecule has 17 heavy (non-hydrogen) atoms. The first-order valence-electron chi connectivity index (χ1n) is 5.23. The van der Waals surface area contributed by atoms with E-state index in [9.17, 15) is 9.59 Å². The van der Waals surface area contributed by atoms with Crippen molar-refractivity contribution in [2.75, 3.05) is 19.0 Å². The fraction of sp³-hybridized carbons (Fsp3) is 0.273. The van der Waals surface area contributed by atoms with Crippen LogP contribution in [0.4, 0.5) is 5.69 Å². The van der Waals surface area contributed by atoms with Crippen LogP contribution in [-0.4, -0.2) is 25.4 Å². The maximum atomic E-state index is 11.8. The number of amides is 2. The second-order valence-corrected chi connectivity index (χ2v) is 3.37. The Kier molecular flexibility index (Phi) is 4.96. The van der Waals surface area contributed by atoms with E-state index in [1.807, 2.05) is 0 Å². The smallest absolute Gasteiger partial charge is 0.253 e. The van der Waals surface area contributed by atoms with Crippen LogP contribution >= 0.6 is 0 Å². The third-order valence-electron chi connectivity index (χ3n) is 2.24. The van der Waals surface area contributed by atoms with Gasteiger partial charge in [-0.15, -0.1) is 0 Å². The number of hydrogen-bond donors (Lipinski definition) is 4. The van der Waals surface area contributed by atoms with Gasteiger partial charge in [0.25, 0.3) is 5.91 Å². The van der Waals surface area contributed by atoms with Gasteiger partial charge < -0.3 is 16.1 Å². The van der Waals surface area contributed by atoms with E-state index >= 15 is 0 Å². The average molecular weight is 236 g/mol. The van der Waals surface area contributed by atoms with Gasteiger partial charge in [0.1, 0.15) is 0 Å². The van der Waals surface area contributed by atoms with Crippen LogP contribution in [0.15, 0.2) is 24.3 Å². The highest BCUT2D eigenvalue weighted by Gasteiger charge is 2.09. The van der Waals surface area contributed by atoms with E-state index in [4.69, 9.17) is 5.84 Å². The Morgan fingerprint density at radius 2 is 2.00 bits per heavy atom. The lowest BCUT2D eigenvalue weighted by Gasteiger charge is -2.08. The van der Waals surface area contributed by atoms with E-state index in [1.54, 1.807) is 31.3 Å². The van der Waals surface area contributed by atoms with Crippen molar-refractivity contribution in [3.05, 3.63) is 29.8 Å². The van der Waals surface area contributed by atoms with Gasteiger partial charge in [0.2, 0.25) is 5.91 Å². The molecule has 1 rings (SSSR count). The Hall–Kier alpha value is -2.08. The number of hydrazine groups is 1. The predicted octanol–water partition coefficient (Wildman–Crippen LogP) is -0.162. The molecule has 0 saturated carbocycles. The van der Waals surface area contributed by atoms with Crippen LogP contribution in [0.2, 0.25) is 0 Å². The zero-order valence-electron chi connectivity index (χ0n) is 9.62. The van der Waals surface area contributed by atoms with Gasteiger partial charge in [0.15, 0.2) is 0 Å². The highest BCUT2D eigenvalue weighted by atomic mass is 16.2. The molecule has 0 bridgehead atoms. The van der Waals surface area contributed by atoms with Crippen LogP contribution in [0, 0.1) is 0 Å². The number of benzene rings is 1. The van der Waals surface area contributed by atoms with E-state index in [0.29, 0.717) is 11.3 Å². The Bertz CT molecular complexity index is 406. The minimum atomic E-state index is -0.262. The molecule has 5 N–H and O–H groups in total. The van der Waals surface area contributed by atoms with E-state index in [1.165, 1.54) is 0 Å². The number of hydrogen-bond acceptors (Lipinski definition) is 4. The van der Waals surface area contributed by atoms with Gasteiger partial charge in [-0.3, -0.25) is 15.4 Å². The molecule has 2 amide bonds. The van der Waals surface area contributed by atoms with Gasteiger partial charge in [-0.1, -0.05) is 12.1 Å². The molecule has 0 spiro atoms. The van der Waals surface area contributed by atoms with Crippen molar-refractivity contribution < 1.29 is 9.59 Å². The summed E-state index contributed by atoms with van der Waals surface area (Å²) in [4.78, 5) is 22.7. The number of para-hydroxylation sites is 1. The number of anilines is 1. The number of nitrogens with one attached hydrogen (secondary N) is 3. The minimum Gasteiger partial charge on any atom is -0.359 e. The quantitative estimate of drug-likeness (QED) is 0.422. The Balaban J connectivity index is 2.55. The van der Waals surface area contributed by atoms with Crippen molar-refractivity contribution >= 4 is 17.5 Å². The molecule has 6 nitrogen and oxygen atoms in total. The number of carbonyl (C=O) groups excluding carboxylic acids is 2. The van der Waals surface area contributed by atoms with E-state index < -0.39 is 0 Å². The first-order valence-corrected chi connectivity index (χ1v) is 5.23. The molecule has 1 aromatic carbocycles. The van der Waals surface area contributed by atoms with Crippen LogP contribution in [-0.2, 0) is 4.79 Å². The van der Waals surface area contributed by atoms with Crippen molar-refractivity contribution in [1.82, 2.24) is 10.6 Å². The summed E-state index contributed by atoms with van der Waals surface area (Å²) in [6.45, 7) is 0.289. The number of carbonyl (C=O) groups is 2. The Morgan fingerprint density at radius 1 is 1.29 bits per heavy atom. The fourth-order valence-corrected chi connectivity index (χ4v) is 1.32. The summed E-state index contributed by atoms with van der Waals surface area (Å²) in [6, 6.07) is 6.88. The lowest BCUT2D eigenvalue weighted by Crippen LogP contribution is -2.29. The summed E-state index contributed by atoms with van der Waals surface area (Å²) >= 11 is 0. The maximum absolute atomic E-state index is 11.8. The molecule has 1 aromatic rings. The van der Waals surface area contributed by atoms with Gasteiger partial charge in [0.05, 0.1) is 11.3 Å². The fourth-order valence-electron chi connectivity index (χ4n) is 1.32. The average Bonchev–Trinajstić information content (AvgIpc) is 2.38. The summed E-state index contributed by atoms with van der Waals surface area (Å²) in [7, 11) is 1.55. The second kappa shape index (κ2) is 6.49. The van der Waals surface area contributed by atoms with Crippen molar-refractivity contribution in [3.8, 4) is 0 Å². The van der Waals surface area contributed by atoms with Crippen LogP contribution in [0.1, 0.15) is 16.8 Å². The normalized spacial score (nSPS) is 9.53. The zero-order valence-corrected chi connectivity index (χ0v) is 9.62. The lowest BCUT2D eigenvalue weighted by atomic mass is 10.1. The molecule has 0 radical (unpaired) electrons. The Labute approximate surface area is 99.5 Å². The van der Waals surface area contributed by atoms with E-state index in [-0.39, 0.29) is 24.8 Å². The van der Waals surface area contributed by atoms with Crippen molar-refractivity contribution in [1.29, 1.82) is 0 Å². The molecule has 92 valence electrons. The molecule has 0 heterocycles. The lowest BCUT2D eigenvalue weighted by molar-refractivity contribution is -0.120. The van der Waals surface area contributed by atoms with Crippen molar-refractivity contribution in [2.45, 2.75) is 6.42 Å². The molecule has 0 atom stereocenters. The maximum Gasteiger partial charge on any atom is 0.253 e. The summed E-state index contributed by atoms with van der Waals surface area (Å²) in [5.41, 5.74) is 3.44. The van der Waals surface area contributed by atoms with Gasteiger partial charge in [-0.25, -0.2) is 0 Å². The molecule has 0 aliphatic carbocycles. The minimum absolute atomic E-state index is 0.115. The van der Waals surface area contributed by atoms with Gasteiger partial charge in [0, 0.05) is 20.0 Å². The first-order chi connectivity index (χ1) is 8.19. The molecular formula is C11H16N4O2. The van der Waals surface area contributed by atoms with Crippen LogP contribution in [0.5, 0.6) is 0 Å². The summed E-state index contributed by atoms with van der Waals surface area (Å²) in [5.74, 6) is 4.92. The number of rotatable bonds is 5. The SMILES string of the molecule is CNC(=O)CCNC(=O)c1ccccc1NN. The molecule has 0 saturated heterocycles. The highest BCUT2D eigenvalue weighted by molar-refractivity contribution is 5.99. The van der Waals surface area contributed by atoms with Crippen LogP contribution in [0.3, 0.4) is 0 Å². The topological polar surface area (TPSA) is 96.2 Å². The standard InChI is InChI=1S/C11H16N4O2/c1-13-10(16)6-7-14-11(17)8-4-2-3-5-9(8)15-12/h2-5,15H,6-7,12H2,1H3,(H,13,16)(H,14,17). The zero-order chi connectivity index (χ0) is 12.7. The summed E-state index contributed by atoms with van der Waals surface area (Å²) < 4.78 is 0. The largest absolute Gasteiger partial charge is 0.359 e. The summed E-state index contributed by atoms with van der Waals surface area (Å²) in [5, 5.41) is 5.12. The van der Waals surface area contributed by atoms with Gasteiger partial charge in [-0.05, 0) is 12.1 Å².